The van der Waals surface area contributed by atoms with Gasteiger partial charge in [0.2, 0.25) is 5.91 Å². The van der Waals surface area contributed by atoms with Crippen molar-refractivity contribution in [1.82, 2.24) is 9.47 Å². The van der Waals surface area contributed by atoms with Crippen molar-refractivity contribution in [3.63, 3.8) is 0 Å². The molecule has 0 atom stereocenters. The van der Waals surface area contributed by atoms with E-state index in [0.717, 1.165) is 33.8 Å². The number of aromatic nitrogens is 1. The number of hydrogen-bond acceptors (Lipinski definition) is 4. The summed E-state index contributed by atoms with van der Waals surface area (Å²) in [6, 6.07) is 17.6. The Morgan fingerprint density at radius 3 is 2.69 bits per heavy atom. The average Bonchev–Trinajstić information content (AvgIpc) is 3.17. The van der Waals surface area contributed by atoms with E-state index < -0.39 is 0 Å². The Labute approximate surface area is 154 Å². The molecule has 0 spiro atoms. The lowest BCUT2D eigenvalue weighted by atomic mass is 10.1. The number of amides is 2. The van der Waals surface area contributed by atoms with Gasteiger partial charge in [0.05, 0.1) is 23.9 Å². The first kappa shape index (κ1) is 16.4. The van der Waals surface area contributed by atoms with Crippen LogP contribution in [0.3, 0.4) is 0 Å². The number of nitrogens with zero attached hydrogens (tertiary/aromatic N) is 3. The minimum absolute atomic E-state index is 0.140. The highest BCUT2D eigenvalue weighted by Crippen LogP contribution is 2.27. The summed E-state index contributed by atoms with van der Waals surface area (Å²) in [6.45, 7) is 0.906. The molecule has 5 nitrogen and oxygen atoms in total. The van der Waals surface area contributed by atoms with Gasteiger partial charge in [-0.1, -0.05) is 42.1 Å². The highest BCUT2D eigenvalue weighted by molar-refractivity contribution is 8.14. The molecule has 1 aromatic heterocycles. The Balaban J connectivity index is 1.71. The maximum atomic E-state index is 11.9. The molecule has 1 saturated heterocycles. The summed E-state index contributed by atoms with van der Waals surface area (Å²) in [7, 11) is 0. The number of rotatable bonds is 4. The molecule has 6 heteroatoms. The van der Waals surface area contributed by atoms with Gasteiger partial charge < -0.3 is 4.57 Å². The van der Waals surface area contributed by atoms with E-state index >= 15 is 0 Å². The van der Waals surface area contributed by atoms with E-state index in [9.17, 15) is 9.59 Å². The van der Waals surface area contributed by atoms with E-state index in [4.69, 9.17) is 5.26 Å². The number of nitriles is 1. The molecule has 0 radical (unpaired) electrons. The molecule has 3 aromatic rings. The van der Waals surface area contributed by atoms with Gasteiger partial charge in [-0.05, 0) is 29.3 Å². The number of benzene rings is 2. The molecule has 4 rings (SSSR count). The van der Waals surface area contributed by atoms with Gasteiger partial charge >= 0.3 is 0 Å². The average molecular weight is 361 g/mol. The summed E-state index contributed by atoms with van der Waals surface area (Å²) < 4.78 is 2.10. The van der Waals surface area contributed by atoms with Gasteiger partial charge in [0.1, 0.15) is 0 Å². The van der Waals surface area contributed by atoms with E-state index in [-0.39, 0.29) is 23.4 Å². The van der Waals surface area contributed by atoms with Crippen molar-refractivity contribution in [1.29, 1.82) is 5.26 Å². The minimum Gasteiger partial charge on any atom is -0.343 e. The van der Waals surface area contributed by atoms with Gasteiger partial charge in [0, 0.05) is 23.6 Å². The molecule has 2 aromatic carbocycles. The Kier molecular flexibility index (Phi) is 4.23. The smallest absolute Gasteiger partial charge is 0.289 e. The van der Waals surface area contributed by atoms with Crippen molar-refractivity contribution < 1.29 is 9.59 Å². The Bertz CT molecular complexity index is 1050. The second-order valence-electron chi connectivity index (χ2n) is 6.15. The normalized spacial score (nSPS) is 14.2. The number of imide groups is 1. The number of hydrogen-bond donors (Lipinski definition) is 0. The van der Waals surface area contributed by atoms with Crippen molar-refractivity contribution in [2.24, 2.45) is 0 Å². The molecule has 2 heterocycles. The van der Waals surface area contributed by atoms with E-state index in [1.807, 2.05) is 48.7 Å². The number of carbonyl (C=O) groups is 2. The fraction of sp³-hybridized carbons (Fsp3) is 0.150. The van der Waals surface area contributed by atoms with Gasteiger partial charge in [-0.15, -0.1) is 0 Å². The Hall–Kier alpha value is -3.04. The summed E-state index contributed by atoms with van der Waals surface area (Å²) in [4.78, 5) is 25.2. The van der Waals surface area contributed by atoms with Crippen LogP contribution in [0.1, 0.15) is 16.7 Å². The SMILES string of the molecule is N#Cc1cccc(Cn2cc(CN3C(=O)CSC3=O)c3ccccc32)c1. The minimum atomic E-state index is -0.187. The molecule has 0 N–H and O–H groups in total. The third-order valence-corrected chi connectivity index (χ3v) is 5.31. The zero-order valence-corrected chi connectivity index (χ0v) is 14.7. The fourth-order valence-corrected chi connectivity index (χ4v) is 3.94. The lowest BCUT2D eigenvalue weighted by molar-refractivity contribution is -0.124. The van der Waals surface area contributed by atoms with Gasteiger partial charge in [-0.2, -0.15) is 5.26 Å². The van der Waals surface area contributed by atoms with E-state index in [1.165, 1.54) is 4.90 Å². The summed E-state index contributed by atoms with van der Waals surface area (Å²) in [5.74, 6) is 0.0804. The standard InChI is InChI=1S/C20H15N3O2S/c21-9-14-4-3-5-15(8-14)10-22-11-16(17-6-1-2-7-18(17)22)12-23-19(24)13-26-20(23)25/h1-8,11H,10,12-13H2. The Morgan fingerprint density at radius 2 is 1.92 bits per heavy atom. The molecular formula is C20H15N3O2S. The van der Waals surface area contributed by atoms with E-state index in [0.29, 0.717) is 12.1 Å². The predicted molar refractivity (Wildman–Crippen MR) is 101 cm³/mol. The first-order valence-corrected chi connectivity index (χ1v) is 9.17. The third kappa shape index (κ3) is 2.98. The summed E-state index contributed by atoms with van der Waals surface area (Å²) in [5, 5.41) is 9.93. The van der Waals surface area contributed by atoms with Crippen LogP contribution >= 0.6 is 11.8 Å². The number of fused-ring (bicyclic) bond motifs is 1. The van der Waals surface area contributed by atoms with Crippen LogP contribution in [-0.4, -0.2) is 26.4 Å². The lowest BCUT2D eigenvalue weighted by Crippen LogP contribution is -2.27. The Morgan fingerprint density at radius 1 is 1.08 bits per heavy atom. The molecule has 1 aliphatic rings. The monoisotopic (exact) mass is 361 g/mol. The van der Waals surface area contributed by atoms with Crippen molar-refractivity contribution >= 4 is 33.8 Å². The maximum Gasteiger partial charge on any atom is 0.289 e. The van der Waals surface area contributed by atoms with Crippen LogP contribution in [-0.2, 0) is 17.9 Å². The fourth-order valence-electron chi connectivity index (χ4n) is 3.22. The first-order valence-electron chi connectivity index (χ1n) is 8.18. The molecule has 1 fully saturated rings. The van der Waals surface area contributed by atoms with E-state index in [2.05, 4.69) is 10.6 Å². The molecule has 1 aliphatic heterocycles. The highest BCUT2D eigenvalue weighted by Gasteiger charge is 2.30. The zero-order chi connectivity index (χ0) is 18.1. The predicted octanol–water partition coefficient (Wildman–Crippen LogP) is 3.76. The third-order valence-electron chi connectivity index (χ3n) is 4.45. The molecule has 2 amide bonds. The highest BCUT2D eigenvalue weighted by atomic mass is 32.2. The molecular weight excluding hydrogens is 346 g/mol. The van der Waals surface area contributed by atoms with E-state index in [1.54, 1.807) is 6.07 Å². The van der Waals surface area contributed by atoms with Gasteiger partial charge in [0.25, 0.3) is 5.24 Å². The van der Waals surface area contributed by atoms with Crippen molar-refractivity contribution in [2.45, 2.75) is 13.1 Å². The van der Waals surface area contributed by atoms with Crippen molar-refractivity contribution in [3.8, 4) is 6.07 Å². The number of para-hydroxylation sites is 1. The molecule has 0 saturated carbocycles. The molecule has 128 valence electrons. The van der Waals surface area contributed by atoms with Crippen LogP contribution in [0.2, 0.25) is 0 Å². The second-order valence-corrected chi connectivity index (χ2v) is 7.07. The molecule has 0 aliphatic carbocycles. The molecule has 0 unspecified atom stereocenters. The number of carbonyl (C=O) groups excluding carboxylic acids is 2. The van der Waals surface area contributed by atoms with Crippen LogP contribution in [0, 0.1) is 11.3 Å². The first-order chi connectivity index (χ1) is 12.7. The van der Waals surface area contributed by atoms with Crippen LogP contribution < -0.4 is 0 Å². The number of thioether (sulfide) groups is 1. The summed E-state index contributed by atoms with van der Waals surface area (Å²) in [6.07, 6.45) is 1.99. The second kappa shape index (κ2) is 6.70. The van der Waals surface area contributed by atoms with Gasteiger partial charge in [0.15, 0.2) is 0 Å². The summed E-state index contributed by atoms with van der Waals surface area (Å²) in [5.41, 5.74) is 3.64. The molecule has 26 heavy (non-hydrogen) atoms. The quantitative estimate of drug-likeness (QED) is 0.710. The van der Waals surface area contributed by atoms with Gasteiger partial charge in [-0.25, -0.2) is 0 Å². The maximum absolute atomic E-state index is 11.9. The summed E-state index contributed by atoms with van der Waals surface area (Å²) >= 11 is 1.05. The van der Waals surface area contributed by atoms with Crippen molar-refractivity contribution in [3.05, 3.63) is 71.4 Å². The zero-order valence-electron chi connectivity index (χ0n) is 13.9. The van der Waals surface area contributed by atoms with Crippen LogP contribution in [0.4, 0.5) is 4.79 Å². The van der Waals surface area contributed by atoms with Crippen molar-refractivity contribution in [2.75, 3.05) is 5.75 Å². The van der Waals surface area contributed by atoms with Crippen LogP contribution in [0.5, 0.6) is 0 Å². The van der Waals surface area contributed by atoms with Gasteiger partial charge in [-0.3, -0.25) is 14.5 Å². The van der Waals surface area contributed by atoms with Crippen LogP contribution in [0.15, 0.2) is 54.7 Å². The topological polar surface area (TPSA) is 66.1 Å². The van der Waals surface area contributed by atoms with Crippen LogP contribution in [0.25, 0.3) is 10.9 Å². The largest absolute Gasteiger partial charge is 0.343 e. The lowest BCUT2D eigenvalue weighted by Gasteiger charge is -2.11. The molecule has 0 bridgehead atoms.